The Morgan fingerprint density at radius 2 is 2.24 bits per heavy atom. The molecular weight excluding hydrogens is 305 g/mol. The van der Waals surface area contributed by atoms with E-state index in [0.717, 1.165) is 11.1 Å². The molecule has 0 fully saturated rings. The van der Waals surface area contributed by atoms with E-state index >= 15 is 0 Å². The molecular formula is C8H7Cl2N3O2S2. The summed E-state index contributed by atoms with van der Waals surface area (Å²) in [4.78, 5) is 4.91. The second-order valence-electron chi connectivity index (χ2n) is 3.24. The summed E-state index contributed by atoms with van der Waals surface area (Å²) in [6, 6.07) is 0. The molecule has 2 aromatic rings. The maximum Gasteiger partial charge on any atom is 0.212 e. The third-order valence-electron chi connectivity index (χ3n) is 1.94. The summed E-state index contributed by atoms with van der Waals surface area (Å²) < 4.78 is 23.9. The topological polar surface area (TPSA) is 64.8 Å². The van der Waals surface area contributed by atoms with E-state index in [4.69, 9.17) is 23.2 Å². The summed E-state index contributed by atoms with van der Waals surface area (Å²) in [6.45, 7) is 0. The first-order valence-corrected chi connectivity index (χ1v) is 8.00. The van der Waals surface area contributed by atoms with Gasteiger partial charge in [-0.1, -0.05) is 22.9 Å². The van der Waals surface area contributed by atoms with Crippen LogP contribution in [0.1, 0.15) is 4.88 Å². The van der Waals surface area contributed by atoms with E-state index in [0.29, 0.717) is 10.3 Å². The lowest BCUT2D eigenvalue weighted by Gasteiger charge is -1.92. The Kier molecular flexibility index (Phi) is 3.44. The summed E-state index contributed by atoms with van der Waals surface area (Å²) in [6.07, 6.45) is 3.78. The molecule has 5 nitrogen and oxygen atoms in total. The van der Waals surface area contributed by atoms with Crippen LogP contribution in [0, 0.1) is 0 Å². The molecule has 0 aliphatic carbocycles. The average Bonchev–Trinajstić information content (AvgIpc) is 2.82. The van der Waals surface area contributed by atoms with Crippen LogP contribution in [0.25, 0.3) is 5.13 Å². The minimum absolute atomic E-state index is 0.135. The number of aromatic nitrogens is 3. The minimum Gasteiger partial charge on any atom is -0.224 e. The van der Waals surface area contributed by atoms with E-state index in [2.05, 4.69) is 10.1 Å². The molecule has 0 atom stereocenters. The molecule has 0 bridgehead atoms. The zero-order chi connectivity index (χ0) is 12.6. The Hall–Kier alpha value is -0.630. The molecule has 2 aromatic heterocycles. The average molecular weight is 312 g/mol. The zero-order valence-electron chi connectivity index (χ0n) is 8.59. The van der Waals surface area contributed by atoms with Crippen LogP contribution in [-0.2, 0) is 15.7 Å². The van der Waals surface area contributed by atoms with Crippen LogP contribution in [0.4, 0.5) is 0 Å². The lowest BCUT2D eigenvalue weighted by Crippen LogP contribution is -1.95. The van der Waals surface area contributed by atoms with Crippen molar-refractivity contribution in [2.75, 3.05) is 6.26 Å². The van der Waals surface area contributed by atoms with Crippen molar-refractivity contribution >= 4 is 44.4 Å². The van der Waals surface area contributed by atoms with Gasteiger partial charge in [-0.3, -0.25) is 0 Å². The van der Waals surface area contributed by atoms with Crippen molar-refractivity contribution < 1.29 is 8.42 Å². The summed E-state index contributed by atoms with van der Waals surface area (Å²) in [5.41, 5.74) is 0. The van der Waals surface area contributed by atoms with Crippen molar-refractivity contribution in [2.24, 2.45) is 0 Å². The number of nitrogens with zero attached hydrogens (tertiary/aromatic N) is 3. The number of hydrogen-bond acceptors (Lipinski definition) is 5. The fourth-order valence-corrected chi connectivity index (χ4v) is 3.04. The quantitative estimate of drug-likeness (QED) is 0.814. The molecule has 0 amide bonds. The van der Waals surface area contributed by atoms with Gasteiger partial charge in [0.15, 0.2) is 9.84 Å². The molecule has 0 aromatic carbocycles. The van der Waals surface area contributed by atoms with Crippen molar-refractivity contribution in [1.82, 2.24) is 14.8 Å². The van der Waals surface area contributed by atoms with E-state index in [-0.39, 0.29) is 10.8 Å². The second kappa shape index (κ2) is 4.56. The molecule has 0 aliphatic heterocycles. The Labute approximate surface area is 112 Å². The van der Waals surface area contributed by atoms with Crippen molar-refractivity contribution in [3.05, 3.63) is 22.4 Å². The highest BCUT2D eigenvalue weighted by Gasteiger charge is 2.14. The molecule has 0 saturated heterocycles. The molecule has 92 valence electrons. The monoisotopic (exact) mass is 311 g/mol. The van der Waals surface area contributed by atoms with Gasteiger partial charge in [-0.2, -0.15) is 5.10 Å². The molecule has 2 heterocycles. The summed E-state index contributed by atoms with van der Waals surface area (Å²) in [7, 11) is -3.26. The molecule has 0 N–H and O–H groups in total. The largest absolute Gasteiger partial charge is 0.224 e. The number of sulfone groups is 1. The van der Waals surface area contributed by atoms with Gasteiger partial charge in [0.25, 0.3) is 0 Å². The summed E-state index contributed by atoms with van der Waals surface area (Å²) in [5, 5.41) is 4.73. The zero-order valence-corrected chi connectivity index (χ0v) is 11.7. The standard InChI is InChI=1S/C8H7Cl2N3O2S2/c1-17(14,15)5-3-11-13(4-5)8-12-7(10)6(2-9)16-8/h3-4H,2H2,1H3. The smallest absolute Gasteiger partial charge is 0.212 e. The number of hydrogen-bond donors (Lipinski definition) is 0. The fourth-order valence-electron chi connectivity index (χ4n) is 1.10. The van der Waals surface area contributed by atoms with Gasteiger partial charge in [0, 0.05) is 6.26 Å². The van der Waals surface area contributed by atoms with E-state index in [1.54, 1.807) is 0 Å². The van der Waals surface area contributed by atoms with Crippen molar-refractivity contribution in [3.63, 3.8) is 0 Å². The van der Waals surface area contributed by atoms with E-state index < -0.39 is 9.84 Å². The van der Waals surface area contributed by atoms with E-state index in [9.17, 15) is 8.42 Å². The molecule has 17 heavy (non-hydrogen) atoms. The van der Waals surface area contributed by atoms with E-state index in [1.165, 1.54) is 28.4 Å². The lowest BCUT2D eigenvalue weighted by molar-refractivity contribution is 0.602. The maximum absolute atomic E-state index is 11.3. The van der Waals surface area contributed by atoms with Crippen molar-refractivity contribution in [2.45, 2.75) is 10.8 Å². The Morgan fingerprint density at radius 1 is 1.53 bits per heavy atom. The predicted octanol–water partition coefficient (Wildman–Crippen LogP) is 2.12. The highest BCUT2D eigenvalue weighted by Crippen LogP contribution is 2.27. The summed E-state index contributed by atoms with van der Waals surface area (Å²) >= 11 is 12.8. The maximum atomic E-state index is 11.3. The Morgan fingerprint density at radius 3 is 2.71 bits per heavy atom. The fraction of sp³-hybridized carbons (Fsp3) is 0.250. The van der Waals surface area contributed by atoms with Gasteiger partial charge in [0.2, 0.25) is 5.13 Å². The van der Waals surface area contributed by atoms with Crippen LogP contribution in [0.2, 0.25) is 5.15 Å². The van der Waals surface area contributed by atoms with Crippen LogP contribution in [0.15, 0.2) is 17.3 Å². The number of thiazole rings is 1. The van der Waals surface area contributed by atoms with Gasteiger partial charge in [0.05, 0.1) is 23.2 Å². The lowest BCUT2D eigenvalue weighted by atomic mass is 10.6. The summed E-state index contributed by atoms with van der Waals surface area (Å²) in [5.74, 6) is 0.261. The Balaban J connectivity index is 2.44. The number of alkyl halides is 1. The van der Waals surface area contributed by atoms with Gasteiger partial charge in [-0.25, -0.2) is 18.1 Å². The van der Waals surface area contributed by atoms with Crippen LogP contribution in [-0.4, -0.2) is 29.4 Å². The Bertz CT molecular complexity index is 648. The molecule has 0 saturated carbocycles. The molecule has 0 spiro atoms. The van der Waals surface area contributed by atoms with Crippen LogP contribution in [0.5, 0.6) is 0 Å². The van der Waals surface area contributed by atoms with E-state index in [1.807, 2.05) is 0 Å². The van der Waals surface area contributed by atoms with Gasteiger partial charge < -0.3 is 0 Å². The normalized spacial score (nSPS) is 11.9. The van der Waals surface area contributed by atoms with Gasteiger partial charge in [-0.15, -0.1) is 11.6 Å². The van der Waals surface area contributed by atoms with Crippen molar-refractivity contribution in [1.29, 1.82) is 0 Å². The third-order valence-corrected chi connectivity index (χ3v) is 4.91. The van der Waals surface area contributed by atoms with Gasteiger partial charge in [0.1, 0.15) is 10.0 Å². The van der Waals surface area contributed by atoms with Gasteiger partial charge >= 0.3 is 0 Å². The molecule has 2 rings (SSSR count). The number of rotatable bonds is 3. The van der Waals surface area contributed by atoms with Gasteiger partial charge in [-0.05, 0) is 0 Å². The molecule has 0 aliphatic rings. The first kappa shape index (κ1) is 12.8. The third kappa shape index (κ3) is 2.62. The highest BCUT2D eigenvalue weighted by atomic mass is 35.5. The first-order valence-electron chi connectivity index (χ1n) is 4.38. The SMILES string of the molecule is CS(=O)(=O)c1cnn(-c2nc(Cl)c(CCl)s2)c1. The second-order valence-corrected chi connectivity index (χ2v) is 6.94. The number of halogens is 2. The highest BCUT2D eigenvalue weighted by molar-refractivity contribution is 7.90. The molecule has 9 heteroatoms. The van der Waals surface area contributed by atoms with Crippen LogP contribution < -0.4 is 0 Å². The first-order chi connectivity index (χ1) is 7.91. The molecule has 0 unspecified atom stereocenters. The minimum atomic E-state index is -3.26. The van der Waals surface area contributed by atoms with Crippen LogP contribution in [0.3, 0.4) is 0 Å². The van der Waals surface area contributed by atoms with Crippen LogP contribution >= 0.6 is 34.5 Å². The molecule has 0 radical (unpaired) electrons. The predicted molar refractivity (Wildman–Crippen MR) is 66.9 cm³/mol. The van der Waals surface area contributed by atoms with Crippen molar-refractivity contribution in [3.8, 4) is 5.13 Å².